The van der Waals surface area contributed by atoms with Gasteiger partial charge in [-0.25, -0.2) is 4.39 Å². The molecule has 6 heteroatoms. The lowest BCUT2D eigenvalue weighted by Gasteiger charge is -2.16. The molecule has 0 aromatic carbocycles. The normalized spacial score (nSPS) is 9.94. The van der Waals surface area contributed by atoms with Gasteiger partial charge in [0.1, 0.15) is 0 Å². The van der Waals surface area contributed by atoms with Gasteiger partial charge < -0.3 is 10.2 Å². The number of amides is 2. The van der Waals surface area contributed by atoms with Crippen LogP contribution in [0.3, 0.4) is 0 Å². The number of pyridine rings is 1. The van der Waals surface area contributed by atoms with Crippen molar-refractivity contribution in [1.29, 1.82) is 0 Å². The molecule has 0 aliphatic carbocycles. The van der Waals surface area contributed by atoms with Crippen LogP contribution < -0.4 is 5.32 Å². The minimum atomic E-state index is -0.691. The van der Waals surface area contributed by atoms with Gasteiger partial charge in [-0.2, -0.15) is 0 Å². The molecule has 1 N–H and O–H groups in total. The fourth-order valence-corrected chi connectivity index (χ4v) is 1.36. The summed E-state index contributed by atoms with van der Waals surface area (Å²) >= 11 is 0. The van der Waals surface area contributed by atoms with Gasteiger partial charge in [-0.05, 0) is 12.5 Å². The summed E-state index contributed by atoms with van der Waals surface area (Å²) in [6, 6.07) is 1.29. The molecule has 0 fully saturated rings. The largest absolute Gasteiger partial charge is 0.355 e. The standard InChI is InChI=1S/C12H16FN3O2/c1-3-5-15-11(17)8-16(2)12(18)9-4-6-14-7-10(9)13/h4,6-7H,3,5,8H2,1-2H3,(H,15,17). The van der Waals surface area contributed by atoms with Crippen LogP contribution in [0.5, 0.6) is 0 Å². The average Bonchev–Trinajstić information content (AvgIpc) is 2.36. The summed E-state index contributed by atoms with van der Waals surface area (Å²) in [6.45, 7) is 2.40. The highest BCUT2D eigenvalue weighted by atomic mass is 19.1. The van der Waals surface area contributed by atoms with Crippen LogP contribution in [0, 0.1) is 5.82 Å². The second-order valence-electron chi connectivity index (χ2n) is 3.87. The number of aromatic nitrogens is 1. The van der Waals surface area contributed by atoms with Crippen LogP contribution in [0.4, 0.5) is 4.39 Å². The molecule has 0 bridgehead atoms. The first-order valence-corrected chi connectivity index (χ1v) is 5.68. The Balaban J connectivity index is 2.62. The zero-order valence-electron chi connectivity index (χ0n) is 10.4. The lowest BCUT2D eigenvalue weighted by molar-refractivity contribution is -0.121. The zero-order chi connectivity index (χ0) is 13.5. The van der Waals surface area contributed by atoms with Gasteiger partial charge in [-0.1, -0.05) is 6.92 Å². The van der Waals surface area contributed by atoms with Crippen molar-refractivity contribution in [3.05, 3.63) is 29.8 Å². The van der Waals surface area contributed by atoms with E-state index in [0.29, 0.717) is 6.54 Å². The first-order chi connectivity index (χ1) is 8.56. The molecular weight excluding hydrogens is 237 g/mol. The molecule has 1 heterocycles. The maximum absolute atomic E-state index is 13.3. The van der Waals surface area contributed by atoms with E-state index in [0.717, 1.165) is 12.6 Å². The molecule has 1 aromatic heterocycles. The number of nitrogens with zero attached hydrogens (tertiary/aromatic N) is 2. The fraction of sp³-hybridized carbons (Fsp3) is 0.417. The highest BCUT2D eigenvalue weighted by Crippen LogP contribution is 2.07. The predicted octanol–water partition coefficient (Wildman–Crippen LogP) is 0.819. The number of halogens is 1. The van der Waals surface area contributed by atoms with Crippen molar-refractivity contribution in [3.63, 3.8) is 0 Å². The van der Waals surface area contributed by atoms with Crippen molar-refractivity contribution in [2.24, 2.45) is 0 Å². The molecule has 0 aliphatic rings. The van der Waals surface area contributed by atoms with Crippen LogP contribution in [0.25, 0.3) is 0 Å². The number of carbonyl (C=O) groups is 2. The summed E-state index contributed by atoms with van der Waals surface area (Å²) in [5, 5.41) is 2.65. The van der Waals surface area contributed by atoms with Crippen LogP contribution >= 0.6 is 0 Å². The third kappa shape index (κ3) is 3.80. The first kappa shape index (κ1) is 14.1. The predicted molar refractivity (Wildman–Crippen MR) is 64.5 cm³/mol. The SMILES string of the molecule is CCCNC(=O)CN(C)C(=O)c1ccncc1F. The molecule has 1 aromatic rings. The van der Waals surface area contributed by atoms with E-state index in [1.807, 2.05) is 6.92 Å². The van der Waals surface area contributed by atoms with Crippen LogP contribution in [0.15, 0.2) is 18.5 Å². The van der Waals surface area contributed by atoms with Crippen LogP contribution in [-0.4, -0.2) is 41.8 Å². The maximum atomic E-state index is 13.3. The van der Waals surface area contributed by atoms with E-state index in [9.17, 15) is 14.0 Å². The Kier molecular flexibility index (Phi) is 5.23. The van der Waals surface area contributed by atoms with Gasteiger partial charge in [0.25, 0.3) is 5.91 Å². The number of carbonyl (C=O) groups excluding carboxylic acids is 2. The Morgan fingerprint density at radius 1 is 1.50 bits per heavy atom. The molecule has 18 heavy (non-hydrogen) atoms. The quantitative estimate of drug-likeness (QED) is 0.845. The van der Waals surface area contributed by atoms with E-state index in [1.165, 1.54) is 24.2 Å². The molecule has 1 rings (SSSR count). The van der Waals surface area contributed by atoms with E-state index in [-0.39, 0.29) is 18.0 Å². The second-order valence-corrected chi connectivity index (χ2v) is 3.87. The van der Waals surface area contributed by atoms with Crippen molar-refractivity contribution in [1.82, 2.24) is 15.2 Å². The number of likely N-dealkylation sites (N-methyl/N-ethyl adjacent to an activating group) is 1. The van der Waals surface area contributed by atoms with E-state index in [2.05, 4.69) is 10.3 Å². The molecule has 0 spiro atoms. The summed E-state index contributed by atoms with van der Waals surface area (Å²) in [4.78, 5) is 28.0. The van der Waals surface area contributed by atoms with Gasteiger partial charge >= 0.3 is 0 Å². The first-order valence-electron chi connectivity index (χ1n) is 5.68. The fourth-order valence-electron chi connectivity index (χ4n) is 1.36. The molecule has 5 nitrogen and oxygen atoms in total. The van der Waals surface area contributed by atoms with E-state index < -0.39 is 11.7 Å². The van der Waals surface area contributed by atoms with Gasteiger partial charge in [0.15, 0.2) is 5.82 Å². The lowest BCUT2D eigenvalue weighted by atomic mass is 10.2. The summed E-state index contributed by atoms with van der Waals surface area (Å²) < 4.78 is 13.3. The molecule has 0 saturated heterocycles. The highest BCUT2D eigenvalue weighted by molar-refractivity contribution is 5.96. The third-order valence-corrected chi connectivity index (χ3v) is 2.30. The van der Waals surface area contributed by atoms with Gasteiger partial charge in [0.2, 0.25) is 5.91 Å². The Hall–Kier alpha value is -1.98. The van der Waals surface area contributed by atoms with Crippen LogP contribution in [0.1, 0.15) is 23.7 Å². The van der Waals surface area contributed by atoms with Crippen molar-refractivity contribution in [2.45, 2.75) is 13.3 Å². The summed E-state index contributed by atoms with van der Waals surface area (Å²) in [5.41, 5.74) is -0.0872. The van der Waals surface area contributed by atoms with Crippen LogP contribution in [-0.2, 0) is 4.79 Å². The molecule has 0 aliphatic heterocycles. The Labute approximate surface area is 105 Å². The zero-order valence-corrected chi connectivity index (χ0v) is 10.4. The lowest BCUT2D eigenvalue weighted by Crippen LogP contribution is -2.38. The van der Waals surface area contributed by atoms with E-state index >= 15 is 0 Å². The molecule has 0 radical (unpaired) electrons. The van der Waals surface area contributed by atoms with Crippen molar-refractivity contribution in [2.75, 3.05) is 20.1 Å². The minimum Gasteiger partial charge on any atom is -0.355 e. The smallest absolute Gasteiger partial charge is 0.257 e. The topological polar surface area (TPSA) is 62.3 Å². The molecule has 0 unspecified atom stereocenters. The maximum Gasteiger partial charge on any atom is 0.257 e. The highest BCUT2D eigenvalue weighted by Gasteiger charge is 2.17. The summed E-state index contributed by atoms with van der Waals surface area (Å²) in [5.74, 6) is -1.49. The van der Waals surface area contributed by atoms with Gasteiger partial charge in [0, 0.05) is 19.8 Å². The third-order valence-electron chi connectivity index (χ3n) is 2.30. The van der Waals surface area contributed by atoms with Crippen molar-refractivity contribution in [3.8, 4) is 0 Å². The second kappa shape index (κ2) is 6.68. The Morgan fingerprint density at radius 3 is 2.83 bits per heavy atom. The van der Waals surface area contributed by atoms with Gasteiger partial charge in [-0.15, -0.1) is 0 Å². The number of nitrogens with one attached hydrogen (secondary N) is 1. The number of hydrogen-bond acceptors (Lipinski definition) is 3. The van der Waals surface area contributed by atoms with E-state index in [4.69, 9.17) is 0 Å². The minimum absolute atomic E-state index is 0.0872. The van der Waals surface area contributed by atoms with E-state index in [1.54, 1.807) is 0 Å². The number of rotatable bonds is 5. The van der Waals surface area contributed by atoms with Crippen molar-refractivity contribution < 1.29 is 14.0 Å². The van der Waals surface area contributed by atoms with Crippen molar-refractivity contribution >= 4 is 11.8 Å². The monoisotopic (exact) mass is 253 g/mol. The molecule has 2 amide bonds. The summed E-state index contributed by atoms with van der Waals surface area (Å²) in [6.07, 6.45) is 3.13. The Bertz CT molecular complexity index is 437. The molecular formula is C12H16FN3O2. The van der Waals surface area contributed by atoms with Gasteiger partial charge in [-0.3, -0.25) is 14.6 Å². The number of hydrogen-bond donors (Lipinski definition) is 1. The van der Waals surface area contributed by atoms with Crippen LogP contribution in [0.2, 0.25) is 0 Å². The molecule has 98 valence electrons. The Morgan fingerprint density at radius 2 is 2.22 bits per heavy atom. The average molecular weight is 253 g/mol. The summed E-state index contributed by atoms with van der Waals surface area (Å²) in [7, 11) is 1.45. The molecule has 0 atom stereocenters. The molecule has 0 saturated carbocycles. The van der Waals surface area contributed by atoms with Gasteiger partial charge in [0.05, 0.1) is 18.3 Å².